The van der Waals surface area contributed by atoms with Gasteiger partial charge in [0.15, 0.2) is 5.78 Å². The molecule has 2 aromatic heterocycles. The summed E-state index contributed by atoms with van der Waals surface area (Å²) in [5.41, 5.74) is 2.06. The number of hydrogen-bond acceptors (Lipinski definition) is 9. The van der Waals surface area contributed by atoms with Gasteiger partial charge in [-0.3, -0.25) is 10.1 Å². The van der Waals surface area contributed by atoms with Crippen molar-refractivity contribution >= 4 is 29.1 Å². The molecule has 174 valence electrons. The van der Waals surface area contributed by atoms with Crippen molar-refractivity contribution in [2.24, 2.45) is 0 Å². The van der Waals surface area contributed by atoms with Gasteiger partial charge in [-0.25, -0.2) is 9.97 Å². The molecule has 2 saturated heterocycles. The first-order valence-corrected chi connectivity index (χ1v) is 12.2. The number of carbonyl (C=O) groups is 1. The summed E-state index contributed by atoms with van der Waals surface area (Å²) in [6.07, 6.45) is 9.73. The van der Waals surface area contributed by atoms with Crippen molar-refractivity contribution in [3.63, 3.8) is 0 Å². The van der Waals surface area contributed by atoms with E-state index in [2.05, 4.69) is 48.4 Å². The fourth-order valence-electron chi connectivity index (χ4n) is 5.87. The van der Waals surface area contributed by atoms with Crippen molar-refractivity contribution in [1.82, 2.24) is 25.2 Å². The zero-order valence-corrected chi connectivity index (χ0v) is 19.3. The van der Waals surface area contributed by atoms with Crippen LogP contribution in [0.4, 0.5) is 23.3 Å². The van der Waals surface area contributed by atoms with Crippen LogP contribution in [0.5, 0.6) is 0 Å². The zero-order valence-electron chi connectivity index (χ0n) is 19.3. The van der Waals surface area contributed by atoms with Gasteiger partial charge in [-0.2, -0.15) is 4.98 Å². The summed E-state index contributed by atoms with van der Waals surface area (Å²) in [4.78, 5) is 33.9. The summed E-state index contributed by atoms with van der Waals surface area (Å²) in [7, 11) is 2.16. The molecule has 3 fully saturated rings. The van der Waals surface area contributed by atoms with Crippen LogP contribution in [-0.4, -0.2) is 77.1 Å². The Morgan fingerprint density at radius 1 is 1.06 bits per heavy atom. The van der Waals surface area contributed by atoms with E-state index < -0.39 is 0 Å². The second-order valence-electron chi connectivity index (χ2n) is 9.94. The number of aromatic nitrogens is 3. The monoisotopic (exact) mass is 448 g/mol. The number of carbonyl (C=O) groups excluding carboxylic acids is 1. The molecular formula is C24H32N8O. The molecule has 4 aliphatic rings. The molecule has 0 bridgehead atoms. The molecule has 1 atom stereocenters. The number of nitrogens with zero attached hydrogens (tertiary/aromatic N) is 6. The normalized spacial score (nSPS) is 24.6. The number of rotatable bonds is 3. The highest BCUT2D eigenvalue weighted by Crippen LogP contribution is 2.43. The average Bonchev–Trinajstić information content (AvgIpc) is 3.20. The van der Waals surface area contributed by atoms with E-state index in [4.69, 9.17) is 4.98 Å². The number of piperazine rings is 1. The topological polar surface area (TPSA) is 89.5 Å². The van der Waals surface area contributed by atoms with Crippen LogP contribution < -0.4 is 20.4 Å². The lowest BCUT2D eigenvalue weighted by atomic mass is 9.80. The fraction of sp³-hybridized carbons (Fsp3) is 0.583. The van der Waals surface area contributed by atoms with E-state index in [9.17, 15) is 4.79 Å². The summed E-state index contributed by atoms with van der Waals surface area (Å²) < 4.78 is 0. The number of pyridine rings is 1. The summed E-state index contributed by atoms with van der Waals surface area (Å²) in [5, 5.41) is 6.78. The van der Waals surface area contributed by atoms with Crippen LogP contribution in [-0.2, 0) is 11.2 Å². The Morgan fingerprint density at radius 3 is 2.64 bits per heavy atom. The van der Waals surface area contributed by atoms with Crippen molar-refractivity contribution in [2.45, 2.75) is 50.2 Å². The van der Waals surface area contributed by atoms with E-state index in [0.717, 1.165) is 68.5 Å². The van der Waals surface area contributed by atoms with Gasteiger partial charge in [-0.1, -0.05) is 19.3 Å². The minimum absolute atomic E-state index is 0.0121. The molecule has 1 aliphatic carbocycles. The maximum Gasteiger partial charge on any atom is 0.230 e. The molecule has 2 N–H and O–H groups in total. The summed E-state index contributed by atoms with van der Waals surface area (Å²) >= 11 is 0. The van der Waals surface area contributed by atoms with Gasteiger partial charge in [0, 0.05) is 50.9 Å². The number of ketones is 1. The zero-order chi connectivity index (χ0) is 22.4. The molecular weight excluding hydrogens is 416 g/mol. The molecule has 2 aromatic rings. The SMILES string of the molecule is CN1CCN(c2ccc(Nc3ncc4c(n3)N3C(NCC35CCCCC5)C(=O)C4)nc2)CC1. The Hall–Kier alpha value is -2.78. The number of Topliss-reactive ketones (excluding diaryl/α,β-unsaturated/α-hetero) is 1. The van der Waals surface area contributed by atoms with Crippen LogP contribution in [0.25, 0.3) is 0 Å². The first-order valence-electron chi connectivity index (χ1n) is 12.2. The summed E-state index contributed by atoms with van der Waals surface area (Å²) in [6.45, 7) is 5.03. The Labute approximate surface area is 194 Å². The van der Waals surface area contributed by atoms with E-state index in [1.54, 1.807) is 0 Å². The third kappa shape index (κ3) is 3.73. The highest BCUT2D eigenvalue weighted by Gasteiger charge is 2.52. The quantitative estimate of drug-likeness (QED) is 0.731. The molecule has 33 heavy (non-hydrogen) atoms. The third-order valence-electron chi connectivity index (χ3n) is 7.77. The van der Waals surface area contributed by atoms with Gasteiger partial charge in [-0.15, -0.1) is 0 Å². The fourth-order valence-corrected chi connectivity index (χ4v) is 5.87. The Morgan fingerprint density at radius 2 is 1.88 bits per heavy atom. The predicted octanol–water partition coefficient (Wildman–Crippen LogP) is 1.93. The average molecular weight is 449 g/mol. The van der Waals surface area contributed by atoms with Crippen LogP contribution >= 0.6 is 0 Å². The molecule has 1 spiro atoms. The lowest BCUT2D eigenvalue weighted by molar-refractivity contribution is -0.120. The van der Waals surface area contributed by atoms with Crippen molar-refractivity contribution < 1.29 is 4.79 Å². The molecule has 6 rings (SSSR count). The number of nitrogens with one attached hydrogen (secondary N) is 2. The first kappa shape index (κ1) is 20.8. The number of likely N-dealkylation sites (N-methyl/N-ethyl adjacent to an activating group) is 1. The lowest BCUT2D eigenvalue weighted by Crippen LogP contribution is -2.55. The predicted molar refractivity (Wildman–Crippen MR) is 128 cm³/mol. The van der Waals surface area contributed by atoms with E-state index in [0.29, 0.717) is 12.4 Å². The van der Waals surface area contributed by atoms with Crippen molar-refractivity contribution in [3.8, 4) is 0 Å². The van der Waals surface area contributed by atoms with Gasteiger partial charge in [0.1, 0.15) is 17.8 Å². The molecule has 9 heteroatoms. The minimum atomic E-state index is -0.264. The number of anilines is 4. The Balaban J connectivity index is 1.24. The largest absolute Gasteiger partial charge is 0.368 e. The molecule has 0 radical (unpaired) electrons. The van der Waals surface area contributed by atoms with Crippen molar-refractivity contribution in [2.75, 3.05) is 54.9 Å². The summed E-state index contributed by atoms with van der Waals surface area (Å²) in [6, 6.07) is 4.10. The maximum absolute atomic E-state index is 12.8. The van der Waals surface area contributed by atoms with E-state index in [1.165, 1.54) is 19.3 Å². The highest BCUT2D eigenvalue weighted by molar-refractivity contribution is 5.93. The molecule has 9 nitrogen and oxygen atoms in total. The standard InChI is InChI=1S/C24H32N8O/c1-30-9-11-31(12-10-30)18-5-6-20(25-15-18)28-23-26-14-17-13-19(33)22-27-16-24(7-3-2-4-8-24)32(22)21(17)29-23/h5-6,14-15,22,27H,2-4,7-13,16H2,1H3,(H,25,26,28,29). The first-order chi connectivity index (χ1) is 16.1. The Bertz CT molecular complexity index is 1030. The molecule has 0 aromatic carbocycles. The second kappa shape index (κ2) is 8.22. The van der Waals surface area contributed by atoms with Crippen LogP contribution in [0.15, 0.2) is 24.5 Å². The van der Waals surface area contributed by atoms with Crippen LogP contribution in [0.2, 0.25) is 0 Å². The molecule has 1 saturated carbocycles. The van der Waals surface area contributed by atoms with Crippen LogP contribution in [0.3, 0.4) is 0 Å². The van der Waals surface area contributed by atoms with Crippen molar-refractivity contribution in [1.29, 1.82) is 0 Å². The molecule has 5 heterocycles. The highest BCUT2D eigenvalue weighted by atomic mass is 16.1. The van der Waals surface area contributed by atoms with E-state index >= 15 is 0 Å². The molecule has 0 amide bonds. The van der Waals surface area contributed by atoms with Gasteiger partial charge >= 0.3 is 0 Å². The van der Waals surface area contributed by atoms with Crippen LogP contribution in [0, 0.1) is 0 Å². The minimum Gasteiger partial charge on any atom is -0.368 e. The van der Waals surface area contributed by atoms with E-state index in [-0.39, 0.29) is 17.5 Å². The maximum atomic E-state index is 12.8. The van der Waals surface area contributed by atoms with Gasteiger partial charge < -0.3 is 20.0 Å². The lowest BCUT2D eigenvalue weighted by Gasteiger charge is -2.45. The third-order valence-corrected chi connectivity index (χ3v) is 7.77. The van der Waals surface area contributed by atoms with Gasteiger partial charge in [0.05, 0.1) is 17.4 Å². The molecule has 3 aliphatic heterocycles. The van der Waals surface area contributed by atoms with Gasteiger partial charge in [-0.05, 0) is 32.0 Å². The second-order valence-corrected chi connectivity index (χ2v) is 9.94. The van der Waals surface area contributed by atoms with Crippen molar-refractivity contribution in [3.05, 3.63) is 30.1 Å². The van der Waals surface area contributed by atoms with Crippen LogP contribution in [0.1, 0.15) is 37.7 Å². The molecule has 1 unspecified atom stereocenters. The van der Waals surface area contributed by atoms with Gasteiger partial charge in [0.25, 0.3) is 0 Å². The van der Waals surface area contributed by atoms with Gasteiger partial charge in [0.2, 0.25) is 5.95 Å². The number of hydrogen-bond donors (Lipinski definition) is 2. The number of fused-ring (bicyclic) bond motifs is 4. The summed E-state index contributed by atoms with van der Waals surface area (Å²) in [5.74, 6) is 2.37. The smallest absolute Gasteiger partial charge is 0.230 e. The Kier molecular flexibility index (Phi) is 5.18. The van der Waals surface area contributed by atoms with E-state index in [1.807, 2.05) is 18.5 Å².